The Labute approximate surface area is 155 Å². The van der Waals surface area contributed by atoms with Gasteiger partial charge in [-0.2, -0.15) is 0 Å². The van der Waals surface area contributed by atoms with Crippen LogP contribution in [0.25, 0.3) is 0 Å². The van der Waals surface area contributed by atoms with E-state index in [0.717, 1.165) is 19.5 Å². The maximum Gasteiger partial charge on any atom is 0.257 e. The number of hydrogen-bond acceptors (Lipinski definition) is 3. The number of nitrogens with one attached hydrogen (secondary N) is 1. The van der Waals surface area contributed by atoms with E-state index in [2.05, 4.69) is 38.3 Å². The van der Waals surface area contributed by atoms with Gasteiger partial charge in [-0.25, -0.2) is 4.39 Å². The third kappa shape index (κ3) is 4.95. The lowest BCUT2D eigenvalue weighted by atomic mass is 10.1. The molecule has 0 radical (unpaired) electrons. The van der Waals surface area contributed by atoms with E-state index in [9.17, 15) is 9.18 Å². The molecule has 1 saturated heterocycles. The number of ether oxygens (including phenoxy) is 1. The van der Waals surface area contributed by atoms with Crippen molar-refractivity contribution in [2.75, 3.05) is 31.1 Å². The number of carbonyl (C=O) groups excluding carboxylic acids is 1. The third-order valence-electron chi connectivity index (χ3n) is 4.25. The molecule has 3 rings (SSSR count). The first-order valence-corrected chi connectivity index (χ1v) is 9.05. The van der Waals surface area contributed by atoms with Gasteiger partial charge in [0.1, 0.15) is 0 Å². The number of carbonyl (C=O) groups is 1. The van der Waals surface area contributed by atoms with Gasteiger partial charge in [-0.3, -0.25) is 4.79 Å². The summed E-state index contributed by atoms with van der Waals surface area (Å²) in [5, 5.41) is 2.88. The molecular weight excluding hydrogens is 387 g/mol. The first kappa shape index (κ1) is 17.7. The highest BCUT2D eigenvalue weighted by Crippen LogP contribution is 2.23. The van der Waals surface area contributed by atoms with Gasteiger partial charge < -0.3 is 15.0 Å². The minimum atomic E-state index is -0.489. The van der Waals surface area contributed by atoms with Crippen molar-refractivity contribution in [1.29, 1.82) is 0 Å². The molecule has 1 heterocycles. The molecule has 2 aromatic carbocycles. The molecule has 1 aliphatic rings. The van der Waals surface area contributed by atoms with Crippen LogP contribution in [-0.2, 0) is 4.79 Å². The van der Waals surface area contributed by atoms with Crippen LogP contribution in [0, 0.1) is 11.7 Å². The molecule has 132 valence electrons. The standard InChI is InChI=1S/C19H20BrFN2O2/c20-15-6-7-18(17(21)10-15)25-13-19(24)22-11-14-8-9-23(12-14)16-4-2-1-3-5-16/h1-7,10,14H,8-9,11-13H2,(H,22,24). The van der Waals surface area contributed by atoms with Crippen molar-refractivity contribution in [2.45, 2.75) is 6.42 Å². The Morgan fingerprint density at radius 2 is 2.08 bits per heavy atom. The number of rotatable bonds is 6. The fourth-order valence-electron chi connectivity index (χ4n) is 2.92. The van der Waals surface area contributed by atoms with Crippen molar-refractivity contribution in [3.05, 3.63) is 58.8 Å². The second-order valence-electron chi connectivity index (χ2n) is 6.10. The fraction of sp³-hybridized carbons (Fsp3) is 0.316. The summed E-state index contributed by atoms with van der Waals surface area (Å²) >= 11 is 3.18. The number of halogens is 2. The molecule has 25 heavy (non-hydrogen) atoms. The molecule has 1 aliphatic heterocycles. The predicted octanol–water partition coefficient (Wildman–Crippen LogP) is 3.61. The van der Waals surface area contributed by atoms with Crippen LogP contribution in [0.4, 0.5) is 10.1 Å². The third-order valence-corrected chi connectivity index (χ3v) is 4.74. The van der Waals surface area contributed by atoms with Crippen LogP contribution in [-0.4, -0.2) is 32.1 Å². The Kier molecular flexibility index (Phi) is 5.91. The number of amides is 1. The largest absolute Gasteiger partial charge is 0.481 e. The van der Waals surface area contributed by atoms with Crippen LogP contribution in [0.15, 0.2) is 53.0 Å². The summed E-state index contributed by atoms with van der Waals surface area (Å²) < 4.78 is 19.5. The van der Waals surface area contributed by atoms with Gasteiger partial charge >= 0.3 is 0 Å². The van der Waals surface area contributed by atoms with E-state index < -0.39 is 5.82 Å². The first-order chi connectivity index (χ1) is 12.1. The molecule has 1 amide bonds. The molecule has 1 unspecified atom stereocenters. The molecule has 0 aliphatic carbocycles. The Morgan fingerprint density at radius 1 is 1.28 bits per heavy atom. The molecule has 1 atom stereocenters. The molecule has 2 aromatic rings. The highest BCUT2D eigenvalue weighted by Gasteiger charge is 2.23. The number of anilines is 1. The molecule has 4 nitrogen and oxygen atoms in total. The van der Waals surface area contributed by atoms with Crippen molar-refractivity contribution in [2.24, 2.45) is 5.92 Å². The van der Waals surface area contributed by atoms with Crippen molar-refractivity contribution >= 4 is 27.5 Å². The molecular formula is C19H20BrFN2O2. The van der Waals surface area contributed by atoms with E-state index in [1.165, 1.54) is 17.8 Å². The Bertz CT molecular complexity index is 727. The van der Waals surface area contributed by atoms with Gasteiger partial charge in [-0.15, -0.1) is 0 Å². The summed E-state index contributed by atoms with van der Waals surface area (Å²) in [6, 6.07) is 14.7. The average Bonchev–Trinajstić information content (AvgIpc) is 3.09. The van der Waals surface area contributed by atoms with Gasteiger partial charge in [0, 0.05) is 29.8 Å². The average molecular weight is 407 g/mol. The quantitative estimate of drug-likeness (QED) is 0.796. The molecule has 1 fully saturated rings. The lowest BCUT2D eigenvalue weighted by Crippen LogP contribution is -2.34. The minimum absolute atomic E-state index is 0.0782. The van der Waals surface area contributed by atoms with Gasteiger partial charge in [0.05, 0.1) is 0 Å². The first-order valence-electron chi connectivity index (χ1n) is 8.26. The Morgan fingerprint density at radius 3 is 2.84 bits per heavy atom. The van der Waals surface area contributed by atoms with Gasteiger partial charge in [0.2, 0.25) is 0 Å². The lowest BCUT2D eigenvalue weighted by molar-refractivity contribution is -0.123. The predicted molar refractivity (Wildman–Crippen MR) is 99.4 cm³/mol. The van der Waals surface area contributed by atoms with Crippen LogP contribution in [0.1, 0.15) is 6.42 Å². The van der Waals surface area contributed by atoms with Crippen molar-refractivity contribution in [3.8, 4) is 5.75 Å². The van der Waals surface area contributed by atoms with Gasteiger partial charge in [0.15, 0.2) is 18.2 Å². The van der Waals surface area contributed by atoms with Crippen LogP contribution >= 0.6 is 15.9 Å². The normalized spacial score (nSPS) is 16.7. The molecule has 6 heteroatoms. The van der Waals surface area contributed by atoms with Crippen LogP contribution in [0.3, 0.4) is 0 Å². The Hall–Kier alpha value is -2.08. The van der Waals surface area contributed by atoms with Gasteiger partial charge in [-0.1, -0.05) is 34.1 Å². The molecule has 0 bridgehead atoms. The monoisotopic (exact) mass is 406 g/mol. The second kappa shape index (κ2) is 8.34. The van der Waals surface area contributed by atoms with E-state index in [0.29, 0.717) is 16.9 Å². The summed E-state index contributed by atoms with van der Waals surface area (Å²) in [7, 11) is 0. The summed E-state index contributed by atoms with van der Waals surface area (Å²) in [5.41, 5.74) is 1.21. The number of hydrogen-bond donors (Lipinski definition) is 1. The minimum Gasteiger partial charge on any atom is -0.481 e. The van der Waals surface area contributed by atoms with Crippen LogP contribution in [0.2, 0.25) is 0 Å². The van der Waals surface area contributed by atoms with Gasteiger partial charge in [0.25, 0.3) is 5.91 Å². The topological polar surface area (TPSA) is 41.6 Å². The maximum absolute atomic E-state index is 13.6. The fourth-order valence-corrected chi connectivity index (χ4v) is 3.25. The number of benzene rings is 2. The zero-order valence-corrected chi connectivity index (χ0v) is 15.3. The van der Waals surface area contributed by atoms with Crippen LogP contribution < -0.4 is 15.0 Å². The van der Waals surface area contributed by atoms with Gasteiger partial charge in [-0.05, 0) is 42.7 Å². The van der Waals surface area contributed by atoms with Crippen molar-refractivity contribution < 1.29 is 13.9 Å². The van der Waals surface area contributed by atoms with Crippen molar-refractivity contribution in [3.63, 3.8) is 0 Å². The summed E-state index contributed by atoms with van der Waals surface area (Å²) in [6.45, 7) is 2.33. The molecule has 0 saturated carbocycles. The maximum atomic E-state index is 13.6. The van der Waals surface area contributed by atoms with E-state index in [4.69, 9.17) is 4.74 Å². The van der Waals surface area contributed by atoms with E-state index in [1.807, 2.05) is 18.2 Å². The lowest BCUT2D eigenvalue weighted by Gasteiger charge is -2.18. The summed E-state index contributed by atoms with van der Waals surface area (Å²) in [5.74, 6) is -0.236. The smallest absolute Gasteiger partial charge is 0.257 e. The molecule has 1 N–H and O–H groups in total. The van der Waals surface area contributed by atoms with Crippen LogP contribution in [0.5, 0.6) is 5.75 Å². The number of nitrogens with zero attached hydrogens (tertiary/aromatic N) is 1. The highest BCUT2D eigenvalue weighted by molar-refractivity contribution is 9.10. The highest BCUT2D eigenvalue weighted by atomic mass is 79.9. The van der Waals surface area contributed by atoms with E-state index >= 15 is 0 Å². The number of para-hydroxylation sites is 1. The zero-order chi connectivity index (χ0) is 17.6. The summed E-state index contributed by atoms with van der Waals surface area (Å²) in [6.07, 6.45) is 1.04. The zero-order valence-electron chi connectivity index (χ0n) is 13.8. The molecule has 0 spiro atoms. The summed E-state index contributed by atoms with van der Waals surface area (Å²) in [4.78, 5) is 14.2. The second-order valence-corrected chi connectivity index (χ2v) is 7.02. The Balaban J connectivity index is 1.41. The van der Waals surface area contributed by atoms with E-state index in [-0.39, 0.29) is 18.3 Å². The SMILES string of the molecule is O=C(COc1ccc(Br)cc1F)NCC1CCN(c2ccccc2)C1. The van der Waals surface area contributed by atoms with Crippen molar-refractivity contribution in [1.82, 2.24) is 5.32 Å². The van der Waals surface area contributed by atoms with E-state index in [1.54, 1.807) is 6.07 Å². The molecule has 0 aromatic heterocycles.